The van der Waals surface area contributed by atoms with Crippen LogP contribution in [0.4, 0.5) is 4.79 Å². The Morgan fingerprint density at radius 3 is 2.45 bits per heavy atom. The van der Waals surface area contributed by atoms with Crippen LogP contribution in [0.25, 0.3) is 0 Å². The van der Waals surface area contributed by atoms with Crippen molar-refractivity contribution in [2.45, 2.75) is 39.5 Å². The van der Waals surface area contributed by atoms with Gasteiger partial charge in [-0.05, 0) is 43.1 Å². The Balaban J connectivity index is 3.83. The minimum atomic E-state index is -0.810. The van der Waals surface area contributed by atoms with E-state index in [0.717, 1.165) is 25.0 Å². The Hall–Kier alpha value is -0.910. The second-order valence-corrected chi connectivity index (χ2v) is 6.42. The van der Waals surface area contributed by atoms with Gasteiger partial charge in [-0.15, -0.1) is 0 Å². The molecule has 0 radical (unpaired) electrons. The molecule has 0 heterocycles. The van der Waals surface area contributed by atoms with E-state index in [4.69, 9.17) is 5.11 Å². The van der Waals surface area contributed by atoms with Crippen molar-refractivity contribution in [3.63, 3.8) is 0 Å². The molecular formula is C14H28N2O3S. The van der Waals surface area contributed by atoms with Crippen molar-refractivity contribution in [1.82, 2.24) is 10.6 Å². The number of carboxylic acids is 1. The average molecular weight is 304 g/mol. The summed E-state index contributed by atoms with van der Waals surface area (Å²) in [6.45, 7) is 5.20. The first kappa shape index (κ1) is 19.1. The van der Waals surface area contributed by atoms with E-state index >= 15 is 0 Å². The van der Waals surface area contributed by atoms with E-state index in [1.54, 1.807) is 11.8 Å². The summed E-state index contributed by atoms with van der Waals surface area (Å²) >= 11 is 1.80. The predicted octanol–water partition coefficient (Wildman–Crippen LogP) is 2.57. The third-order valence-electron chi connectivity index (χ3n) is 2.88. The number of hydrogen-bond acceptors (Lipinski definition) is 3. The summed E-state index contributed by atoms with van der Waals surface area (Å²) in [6, 6.07) is -0.201. The van der Waals surface area contributed by atoms with Crippen LogP contribution in [-0.4, -0.2) is 42.2 Å². The Morgan fingerprint density at radius 1 is 1.20 bits per heavy atom. The summed E-state index contributed by atoms with van der Waals surface area (Å²) in [5.74, 6) is 0.721. The molecule has 0 aliphatic heterocycles. The molecule has 0 fully saturated rings. The molecule has 3 N–H and O–H groups in total. The summed E-state index contributed by atoms with van der Waals surface area (Å²) < 4.78 is 0. The molecule has 0 aromatic rings. The molecule has 1 atom stereocenters. The average Bonchev–Trinajstić information content (AvgIpc) is 2.34. The third-order valence-corrected chi connectivity index (χ3v) is 3.58. The van der Waals surface area contributed by atoms with Gasteiger partial charge in [0.15, 0.2) is 0 Å². The highest BCUT2D eigenvalue weighted by Gasteiger charge is 2.15. The van der Waals surface area contributed by atoms with Gasteiger partial charge >= 0.3 is 12.0 Å². The van der Waals surface area contributed by atoms with E-state index in [9.17, 15) is 9.59 Å². The van der Waals surface area contributed by atoms with Crippen molar-refractivity contribution >= 4 is 23.8 Å². The van der Waals surface area contributed by atoms with Gasteiger partial charge in [0, 0.05) is 19.5 Å². The molecule has 2 amide bonds. The molecule has 0 aromatic carbocycles. The largest absolute Gasteiger partial charge is 0.481 e. The predicted molar refractivity (Wildman–Crippen MR) is 84.2 cm³/mol. The summed E-state index contributed by atoms with van der Waals surface area (Å²) in [7, 11) is 0. The highest BCUT2D eigenvalue weighted by Crippen LogP contribution is 2.14. The smallest absolute Gasteiger partial charge is 0.314 e. The Kier molecular flexibility index (Phi) is 11.3. The standard InChI is InChI=1S/C14H28N2O3S/c1-11(2)8-12(9-13(17)18)10-16-14(19)15-6-4-5-7-20-3/h11-12H,4-10H2,1-3H3,(H,17,18)(H2,15,16,19). The molecule has 0 aliphatic rings. The van der Waals surface area contributed by atoms with Crippen molar-refractivity contribution < 1.29 is 14.7 Å². The fourth-order valence-corrected chi connectivity index (χ4v) is 2.52. The molecule has 0 aromatic heterocycles. The maximum atomic E-state index is 11.6. The third kappa shape index (κ3) is 12.1. The van der Waals surface area contributed by atoms with Crippen molar-refractivity contribution in [1.29, 1.82) is 0 Å². The number of aliphatic carboxylic acids is 1. The molecule has 0 aliphatic carbocycles. The van der Waals surface area contributed by atoms with Crippen LogP contribution in [-0.2, 0) is 4.79 Å². The van der Waals surface area contributed by atoms with Crippen molar-refractivity contribution in [2.24, 2.45) is 11.8 Å². The van der Waals surface area contributed by atoms with Gasteiger partial charge in [0.05, 0.1) is 0 Å². The number of rotatable bonds is 11. The number of carbonyl (C=O) groups excluding carboxylic acids is 1. The van der Waals surface area contributed by atoms with Gasteiger partial charge in [0.2, 0.25) is 0 Å². The van der Waals surface area contributed by atoms with Crippen molar-refractivity contribution in [2.75, 3.05) is 25.1 Å². The van der Waals surface area contributed by atoms with E-state index in [1.165, 1.54) is 0 Å². The molecule has 0 spiro atoms. The number of unbranched alkanes of at least 4 members (excludes halogenated alkanes) is 1. The molecule has 0 rings (SSSR count). The molecular weight excluding hydrogens is 276 g/mol. The summed E-state index contributed by atoms with van der Waals surface area (Å²) in [4.78, 5) is 22.4. The zero-order valence-corrected chi connectivity index (χ0v) is 13.6. The highest BCUT2D eigenvalue weighted by atomic mass is 32.2. The number of urea groups is 1. The lowest BCUT2D eigenvalue weighted by atomic mass is 9.94. The summed E-state index contributed by atoms with van der Waals surface area (Å²) in [5, 5.41) is 14.4. The second kappa shape index (κ2) is 11.9. The first-order valence-electron chi connectivity index (χ1n) is 7.18. The Labute approximate surface area is 126 Å². The first-order chi connectivity index (χ1) is 9.45. The number of nitrogens with one attached hydrogen (secondary N) is 2. The van der Waals surface area contributed by atoms with Gasteiger partial charge in [-0.25, -0.2) is 4.79 Å². The zero-order chi connectivity index (χ0) is 15.4. The number of thioether (sulfide) groups is 1. The van der Waals surface area contributed by atoms with Crippen LogP contribution in [0.2, 0.25) is 0 Å². The summed E-state index contributed by atoms with van der Waals surface area (Å²) in [5.41, 5.74) is 0. The van der Waals surface area contributed by atoms with Gasteiger partial charge in [-0.3, -0.25) is 4.79 Å². The van der Waals surface area contributed by atoms with Crippen LogP contribution in [0.15, 0.2) is 0 Å². The SMILES string of the molecule is CSCCCCNC(=O)NCC(CC(=O)O)CC(C)C. The molecule has 0 bridgehead atoms. The number of amides is 2. The number of carbonyl (C=O) groups is 2. The lowest BCUT2D eigenvalue weighted by Crippen LogP contribution is -2.39. The molecule has 5 nitrogen and oxygen atoms in total. The van der Waals surface area contributed by atoms with Gasteiger partial charge in [0.25, 0.3) is 0 Å². The lowest BCUT2D eigenvalue weighted by molar-refractivity contribution is -0.138. The van der Waals surface area contributed by atoms with E-state index in [2.05, 4.69) is 30.7 Å². The Bertz CT molecular complexity index is 286. The van der Waals surface area contributed by atoms with Crippen LogP contribution < -0.4 is 10.6 Å². The minimum Gasteiger partial charge on any atom is -0.481 e. The van der Waals surface area contributed by atoms with Crippen molar-refractivity contribution in [3.8, 4) is 0 Å². The van der Waals surface area contributed by atoms with Crippen LogP contribution >= 0.6 is 11.8 Å². The quantitative estimate of drug-likeness (QED) is 0.513. The van der Waals surface area contributed by atoms with E-state index in [1.807, 2.05) is 0 Å². The maximum absolute atomic E-state index is 11.6. The maximum Gasteiger partial charge on any atom is 0.314 e. The Morgan fingerprint density at radius 2 is 1.90 bits per heavy atom. The lowest BCUT2D eigenvalue weighted by Gasteiger charge is -2.18. The van der Waals surface area contributed by atoms with Crippen LogP contribution in [0, 0.1) is 11.8 Å². The molecule has 118 valence electrons. The normalized spacial score (nSPS) is 12.2. The van der Waals surface area contributed by atoms with Gasteiger partial charge in [0.1, 0.15) is 0 Å². The minimum absolute atomic E-state index is 0.00487. The van der Waals surface area contributed by atoms with Gasteiger partial charge in [-0.2, -0.15) is 11.8 Å². The zero-order valence-electron chi connectivity index (χ0n) is 12.8. The van der Waals surface area contributed by atoms with Crippen LogP contribution in [0.3, 0.4) is 0 Å². The highest BCUT2D eigenvalue weighted by molar-refractivity contribution is 7.98. The first-order valence-corrected chi connectivity index (χ1v) is 8.57. The molecule has 20 heavy (non-hydrogen) atoms. The van der Waals surface area contributed by atoms with Gasteiger partial charge < -0.3 is 15.7 Å². The molecule has 6 heteroatoms. The van der Waals surface area contributed by atoms with Crippen molar-refractivity contribution in [3.05, 3.63) is 0 Å². The monoisotopic (exact) mass is 304 g/mol. The van der Waals surface area contributed by atoms with E-state index < -0.39 is 5.97 Å². The summed E-state index contributed by atoms with van der Waals surface area (Å²) in [6.07, 6.45) is 5.04. The van der Waals surface area contributed by atoms with Crippen LogP contribution in [0.1, 0.15) is 39.5 Å². The topological polar surface area (TPSA) is 78.4 Å². The van der Waals surface area contributed by atoms with E-state index in [0.29, 0.717) is 19.0 Å². The van der Waals surface area contributed by atoms with Gasteiger partial charge in [-0.1, -0.05) is 13.8 Å². The fraction of sp³-hybridized carbons (Fsp3) is 0.857. The molecule has 0 saturated heterocycles. The fourth-order valence-electron chi connectivity index (χ4n) is 2.03. The molecule has 1 unspecified atom stereocenters. The van der Waals surface area contributed by atoms with E-state index in [-0.39, 0.29) is 18.4 Å². The number of carboxylic acid groups (broad SMARTS) is 1. The van der Waals surface area contributed by atoms with Crippen LogP contribution in [0.5, 0.6) is 0 Å². The second-order valence-electron chi connectivity index (χ2n) is 5.43. The number of hydrogen-bond donors (Lipinski definition) is 3. The molecule has 0 saturated carbocycles.